The van der Waals surface area contributed by atoms with Crippen LogP contribution in [-0.2, 0) is 13.6 Å². The van der Waals surface area contributed by atoms with E-state index in [1.165, 1.54) is 12.8 Å². The molecule has 1 unspecified atom stereocenters. The molecule has 96 valence electrons. The quantitative estimate of drug-likeness (QED) is 0.840. The Balaban J connectivity index is 1.85. The molecule has 1 aliphatic heterocycles. The van der Waals surface area contributed by atoms with Crippen LogP contribution >= 0.6 is 0 Å². The molecule has 1 aromatic rings. The summed E-state index contributed by atoms with van der Waals surface area (Å²) in [5.41, 5.74) is 0. The summed E-state index contributed by atoms with van der Waals surface area (Å²) in [6, 6.07) is 1.18. The Bertz CT molecular complexity index is 346. The average Bonchev–Trinajstić information content (AvgIpc) is 2.63. The normalized spacial score (nSPS) is 22.2. The van der Waals surface area contributed by atoms with E-state index >= 15 is 0 Å². The van der Waals surface area contributed by atoms with Gasteiger partial charge in [-0.25, -0.2) is 4.98 Å². The van der Waals surface area contributed by atoms with E-state index in [1.54, 1.807) is 11.0 Å². The first-order chi connectivity index (χ1) is 8.13. The summed E-state index contributed by atoms with van der Waals surface area (Å²) in [7, 11) is 1.91. The summed E-state index contributed by atoms with van der Waals surface area (Å²) in [5, 5.41) is 7.95. The highest BCUT2D eigenvalue weighted by Gasteiger charge is 2.20. The van der Waals surface area contributed by atoms with Crippen LogP contribution in [0.15, 0.2) is 6.33 Å². The van der Waals surface area contributed by atoms with E-state index in [4.69, 9.17) is 0 Å². The third kappa shape index (κ3) is 3.78. The Hall–Kier alpha value is -0.940. The second kappa shape index (κ2) is 5.60. The van der Waals surface area contributed by atoms with Crippen LogP contribution in [0, 0.1) is 0 Å². The molecule has 1 fully saturated rings. The van der Waals surface area contributed by atoms with Gasteiger partial charge in [-0.3, -0.25) is 9.58 Å². The first-order valence-electron chi connectivity index (χ1n) is 6.46. The number of likely N-dealkylation sites (tertiary alicyclic amines) is 1. The number of hydrogen-bond donors (Lipinski definition) is 1. The fourth-order valence-electron chi connectivity index (χ4n) is 2.46. The van der Waals surface area contributed by atoms with Crippen molar-refractivity contribution in [1.29, 1.82) is 0 Å². The zero-order valence-electron chi connectivity index (χ0n) is 11.1. The maximum atomic E-state index is 4.33. The van der Waals surface area contributed by atoms with Gasteiger partial charge < -0.3 is 5.32 Å². The summed E-state index contributed by atoms with van der Waals surface area (Å²) in [6.45, 7) is 7.56. The molecule has 17 heavy (non-hydrogen) atoms. The molecule has 2 heterocycles. The maximum Gasteiger partial charge on any atom is 0.164 e. The lowest BCUT2D eigenvalue weighted by molar-refractivity contribution is 0.175. The summed E-state index contributed by atoms with van der Waals surface area (Å²) < 4.78 is 1.77. The van der Waals surface area contributed by atoms with Gasteiger partial charge in [0.2, 0.25) is 0 Å². The zero-order chi connectivity index (χ0) is 12.3. The molecule has 1 aliphatic rings. The Morgan fingerprint density at radius 2 is 2.35 bits per heavy atom. The second-order valence-corrected chi connectivity index (χ2v) is 5.23. The van der Waals surface area contributed by atoms with Crippen molar-refractivity contribution in [3.05, 3.63) is 12.2 Å². The van der Waals surface area contributed by atoms with Gasteiger partial charge in [-0.15, -0.1) is 0 Å². The minimum absolute atomic E-state index is 0.563. The molecule has 0 saturated carbocycles. The summed E-state index contributed by atoms with van der Waals surface area (Å²) in [5.74, 6) is 0.928. The molecule has 0 aromatic carbocycles. The molecule has 5 nitrogen and oxygen atoms in total. The Morgan fingerprint density at radius 1 is 1.53 bits per heavy atom. The lowest BCUT2D eigenvalue weighted by atomic mass is 10.1. The van der Waals surface area contributed by atoms with E-state index in [0.717, 1.165) is 25.5 Å². The molecule has 1 N–H and O–H groups in total. The maximum absolute atomic E-state index is 4.33. The molecule has 0 radical (unpaired) electrons. The van der Waals surface area contributed by atoms with Gasteiger partial charge in [0.15, 0.2) is 5.82 Å². The standard InChI is InChI=1S/C12H23N5/c1-10(2)14-11-5-4-6-17(7-11)8-12-13-9-16(3)15-12/h9-11,14H,4-8H2,1-3H3. The lowest BCUT2D eigenvalue weighted by Gasteiger charge is -2.33. The number of rotatable bonds is 4. The van der Waals surface area contributed by atoms with Crippen LogP contribution in [0.3, 0.4) is 0 Å². The predicted octanol–water partition coefficient (Wildman–Crippen LogP) is 0.777. The minimum Gasteiger partial charge on any atom is -0.311 e. The van der Waals surface area contributed by atoms with E-state index < -0.39 is 0 Å². The van der Waals surface area contributed by atoms with Crippen molar-refractivity contribution < 1.29 is 0 Å². The van der Waals surface area contributed by atoms with Gasteiger partial charge in [0.1, 0.15) is 6.33 Å². The lowest BCUT2D eigenvalue weighted by Crippen LogP contribution is -2.47. The summed E-state index contributed by atoms with van der Waals surface area (Å²) in [4.78, 5) is 6.73. The van der Waals surface area contributed by atoms with Gasteiger partial charge in [0.05, 0.1) is 6.54 Å². The van der Waals surface area contributed by atoms with Crippen molar-refractivity contribution in [1.82, 2.24) is 25.0 Å². The highest BCUT2D eigenvalue weighted by atomic mass is 15.3. The van der Waals surface area contributed by atoms with E-state index in [9.17, 15) is 0 Å². The molecule has 1 atom stereocenters. The summed E-state index contributed by atoms with van der Waals surface area (Å²) >= 11 is 0. The fraction of sp³-hybridized carbons (Fsp3) is 0.833. The SMILES string of the molecule is CC(C)NC1CCCN(Cc2ncn(C)n2)C1. The van der Waals surface area contributed by atoms with Crippen molar-refractivity contribution in [3.8, 4) is 0 Å². The number of nitrogens with one attached hydrogen (secondary N) is 1. The number of aryl methyl sites for hydroxylation is 1. The van der Waals surface area contributed by atoms with Crippen molar-refractivity contribution >= 4 is 0 Å². The first-order valence-corrected chi connectivity index (χ1v) is 6.46. The van der Waals surface area contributed by atoms with Crippen molar-refractivity contribution in [2.75, 3.05) is 13.1 Å². The molecular formula is C12H23N5. The number of piperidine rings is 1. The van der Waals surface area contributed by atoms with Crippen molar-refractivity contribution in [2.45, 2.75) is 45.3 Å². The van der Waals surface area contributed by atoms with Crippen LogP contribution in [0.1, 0.15) is 32.5 Å². The van der Waals surface area contributed by atoms with Crippen LogP contribution in [-0.4, -0.2) is 44.8 Å². The predicted molar refractivity (Wildman–Crippen MR) is 67.6 cm³/mol. The van der Waals surface area contributed by atoms with Gasteiger partial charge in [-0.1, -0.05) is 13.8 Å². The van der Waals surface area contributed by atoms with Crippen LogP contribution in [0.4, 0.5) is 0 Å². The molecule has 0 bridgehead atoms. The minimum atomic E-state index is 0.563. The van der Waals surface area contributed by atoms with Crippen LogP contribution in [0.5, 0.6) is 0 Å². The third-order valence-electron chi connectivity index (χ3n) is 3.09. The van der Waals surface area contributed by atoms with Gasteiger partial charge >= 0.3 is 0 Å². The molecule has 1 saturated heterocycles. The Morgan fingerprint density at radius 3 is 3.00 bits per heavy atom. The number of aromatic nitrogens is 3. The van der Waals surface area contributed by atoms with E-state index in [0.29, 0.717) is 12.1 Å². The Kier molecular flexibility index (Phi) is 4.12. The van der Waals surface area contributed by atoms with E-state index in [2.05, 4.69) is 34.1 Å². The smallest absolute Gasteiger partial charge is 0.164 e. The average molecular weight is 237 g/mol. The second-order valence-electron chi connectivity index (χ2n) is 5.23. The van der Waals surface area contributed by atoms with Gasteiger partial charge in [0, 0.05) is 25.7 Å². The van der Waals surface area contributed by atoms with Gasteiger partial charge in [-0.2, -0.15) is 5.10 Å². The van der Waals surface area contributed by atoms with Crippen LogP contribution < -0.4 is 5.32 Å². The largest absolute Gasteiger partial charge is 0.311 e. The molecule has 0 spiro atoms. The third-order valence-corrected chi connectivity index (χ3v) is 3.09. The molecule has 1 aromatic heterocycles. The topological polar surface area (TPSA) is 46.0 Å². The van der Waals surface area contributed by atoms with E-state index in [1.807, 2.05) is 7.05 Å². The Labute approximate surface area is 103 Å². The highest BCUT2D eigenvalue weighted by Crippen LogP contribution is 2.12. The van der Waals surface area contributed by atoms with Gasteiger partial charge in [0.25, 0.3) is 0 Å². The van der Waals surface area contributed by atoms with Crippen molar-refractivity contribution in [3.63, 3.8) is 0 Å². The molecule has 5 heteroatoms. The monoisotopic (exact) mass is 237 g/mol. The fourth-order valence-corrected chi connectivity index (χ4v) is 2.46. The number of hydrogen-bond acceptors (Lipinski definition) is 4. The number of nitrogens with zero attached hydrogens (tertiary/aromatic N) is 4. The van der Waals surface area contributed by atoms with Gasteiger partial charge in [-0.05, 0) is 19.4 Å². The molecule has 2 rings (SSSR count). The molecule has 0 amide bonds. The van der Waals surface area contributed by atoms with Crippen LogP contribution in [0.25, 0.3) is 0 Å². The first kappa shape index (κ1) is 12.5. The highest BCUT2D eigenvalue weighted by molar-refractivity contribution is 4.86. The zero-order valence-corrected chi connectivity index (χ0v) is 11.1. The van der Waals surface area contributed by atoms with Crippen LogP contribution in [0.2, 0.25) is 0 Å². The van der Waals surface area contributed by atoms with Crippen molar-refractivity contribution in [2.24, 2.45) is 7.05 Å². The summed E-state index contributed by atoms with van der Waals surface area (Å²) in [6.07, 6.45) is 4.31. The molecular weight excluding hydrogens is 214 g/mol. The van der Waals surface area contributed by atoms with E-state index in [-0.39, 0.29) is 0 Å². The molecule has 0 aliphatic carbocycles.